The van der Waals surface area contributed by atoms with Crippen LogP contribution in [0.5, 0.6) is 5.75 Å². The Morgan fingerprint density at radius 2 is 1.77 bits per heavy atom. The highest BCUT2D eigenvalue weighted by Gasteiger charge is 2.38. The van der Waals surface area contributed by atoms with Crippen molar-refractivity contribution < 1.29 is 32.6 Å². The number of fused-ring (bicyclic) bond motifs is 1. The molecule has 0 spiro atoms. The lowest BCUT2D eigenvalue weighted by atomic mass is 10.3. The number of benzene rings is 1. The molecular formula is C25H20F3N7O4. The molecule has 1 amide bonds. The van der Waals surface area contributed by atoms with Crippen LogP contribution in [-0.2, 0) is 4.79 Å². The zero-order valence-electron chi connectivity index (χ0n) is 20.4. The first-order valence-corrected chi connectivity index (χ1v) is 11.1. The third kappa shape index (κ3) is 5.84. The first-order chi connectivity index (χ1) is 18.6. The van der Waals surface area contributed by atoms with Crippen molar-refractivity contribution >= 4 is 23.2 Å². The summed E-state index contributed by atoms with van der Waals surface area (Å²) in [5.74, 6) is -1.30. The Labute approximate surface area is 218 Å². The molecule has 0 aliphatic carbocycles. The summed E-state index contributed by atoms with van der Waals surface area (Å²) in [6.45, 7) is 1.88. The van der Waals surface area contributed by atoms with Crippen LogP contribution in [0.2, 0.25) is 0 Å². The third-order valence-corrected chi connectivity index (χ3v) is 5.33. The number of ether oxygens (including phenoxy) is 1. The second-order valence-corrected chi connectivity index (χ2v) is 7.87. The normalized spacial score (nSPS) is 11.0. The molecule has 0 radical (unpaired) electrons. The number of aliphatic carboxylic acids is 1. The van der Waals surface area contributed by atoms with E-state index in [2.05, 4.69) is 25.4 Å². The summed E-state index contributed by atoms with van der Waals surface area (Å²) in [6.07, 6.45) is 3.28. The topological polar surface area (TPSA) is 137 Å². The quantitative estimate of drug-likeness (QED) is 0.340. The van der Waals surface area contributed by atoms with Gasteiger partial charge in [0.05, 0.1) is 30.7 Å². The van der Waals surface area contributed by atoms with Gasteiger partial charge in [0, 0.05) is 18.6 Å². The minimum atomic E-state index is -5.08. The van der Waals surface area contributed by atoms with E-state index in [9.17, 15) is 18.0 Å². The van der Waals surface area contributed by atoms with Gasteiger partial charge in [-0.25, -0.2) is 19.4 Å². The van der Waals surface area contributed by atoms with Crippen molar-refractivity contribution in [2.24, 2.45) is 0 Å². The number of hydrogen-bond donors (Lipinski definition) is 2. The molecule has 0 saturated carbocycles. The summed E-state index contributed by atoms with van der Waals surface area (Å²) < 4.78 is 40.6. The highest BCUT2D eigenvalue weighted by molar-refractivity contribution is 6.07. The molecule has 0 bridgehead atoms. The van der Waals surface area contributed by atoms with Crippen LogP contribution in [0.15, 0.2) is 73.4 Å². The van der Waals surface area contributed by atoms with Gasteiger partial charge in [0.1, 0.15) is 17.3 Å². The molecule has 0 fully saturated rings. The lowest BCUT2D eigenvalue weighted by Gasteiger charge is -2.08. The average Bonchev–Trinajstić information content (AvgIpc) is 3.55. The van der Waals surface area contributed by atoms with Gasteiger partial charge in [-0.05, 0) is 48.9 Å². The second-order valence-electron chi connectivity index (χ2n) is 7.87. The molecule has 200 valence electrons. The number of anilines is 1. The zero-order chi connectivity index (χ0) is 28.2. The lowest BCUT2D eigenvalue weighted by Crippen LogP contribution is -2.21. The number of aryl methyl sites for hydroxylation is 1. The predicted octanol–water partition coefficient (Wildman–Crippen LogP) is 4.18. The number of carbonyl (C=O) groups is 2. The molecule has 5 aromatic rings. The number of amides is 1. The van der Waals surface area contributed by atoms with E-state index < -0.39 is 12.1 Å². The first kappa shape index (κ1) is 26.8. The Balaban J connectivity index is 0.000000448. The molecule has 0 unspecified atom stereocenters. The number of aromatic nitrogens is 6. The minimum absolute atomic E-state index is 0.251. The van der Waals surface area contributed by atoms with Gasteiger partial charge >= 0.3 is 12.1 Å². The number of methoxy groups -OCH3 is 1. The molecule has 5 rings (SSSR count). The maximum absolute atomic E-state index is 13.1. The molecule has 0 saturated heterocycles. The number of carboxylic acids is 1. The van der Waals surface area contributed by atoms with Gasteiger partial charge in [-0.3, -0.25) is 14.2 Å². The third-order valence-electron chi connectivity index (χ3n) is 5.33. The lowest BCUT2D eigenvalue weighted by molar-refractivity contribution is -0.192. The van der Waals surface area contributed by atoms with Gasteiger partial charge in [0.15, 0.2) is 11.5 Å². The molecule has 14 heteroatoms. The highest BCUT2D eigenvalue weighted by Crippen LogP contribution is 2.26. The molecule has 4 aromatic heterocycles. The first-order valence-electron chi connectivity index (χ1n) is 11.1. The molecule has 0 aliphatic heterocycles. The van der Waals surface area contributed by atoms with Gasteiger partial charge in [-0.15, -0.1) is 0 Å². The van der Waals surface area contributed by atoms with Gasteiger partial charge in [-0.2, -0.15) is 18.3 Å². The van der Waals surface area contributed by atoms with E-state index in [1.54, 1.807) is 42.8 Å². The van der Waals surface area contributed by atoms with Crippen molar-refractivity contribution in [3.05, 3.63) is 84.7 Å². The van der Waals surface area contributed by atoms with E-state index in [0.29, 0.717) is 17.2 Å². The van der Waals surface area contributed by atoms with Crippen molar-refractivity contribution in [1.29, 1.82) is 0 Å². The number of pyridine rings is 1. The largest absolute Gasteiger partial charge is 0.497 e. The molecule has 39 heavy (non-hydrogen) atoms. The molecule has 4 heterocycles. The molecule has 2 N–H and O–H groups in total. The van der Waals surface area contributed by atoms with Crippen LogP contribution in [0.1, 0.15) is 16.1 Å². The Kier molecular flexibility index (Phi) is 7.56. The maximum atomic E-state index is 13.1. The van der Waals surface area contributed by atoms with Crippen LogP contribution in [-0.4, -0.2) is 59.4 Å². The number of imidazole rings is 1. The summed E-state index contributed by atoms with van der Waals surface area (Å²) in [5.41, 5.74) is 3.26. The van der Waals surface area contributed by atoms with Gasteiger partial charge in [-0.1, -0.05) is 6.07 Å². The molecule has 0 aliphatic rings. The van der Waals surface area contributed by atoms with Crippen LogP contribution >= 0.6 is 0 Å². The number of halogens is 3. The van der Waals surface area contributed by atoms with Crippen LogP contribution in [0.4, 0.5) is 19.0 Å². The van der Waals surface area contributed by atoms with Gasteiger partial charge in [0.25, 0.3) is 5.91 Å². The van der Waals surface area contributed by atoms with Gasteiger partial charge in [0.2, 0.25) is 0 Å². The number of nitrogens with one attached hydrogen (secondary N) is 1. The number of carboxylic acid groups (broad SMARTS) is 1. The monoisotopic (exact) mass is 539 g/mol. The summed E-state index contributed by atoms with van der Waals surface area (Å²) in [5, 5.41) is 14.4. The summed E-state index contributed by atoms with van der Waals surface area (Å²) in [7, 11) is 1.62. The molecule has 11 nitrogen and oxygen atoms in total. The number of nitrogens with zero attached hydrogens (tertiary/aromatic N) is 6. The van der Waals surface area contributed by atoms with Gasteiger partial charge < -0.3 is 15.2 Å². The van der Waals surface area contributed by atoms with E-state index in [0.717, 1.165) is 22.7 Å². The standard InChI is InChI=1S/C23H19N7O2.C2HF3O2/c1-15-4-3-10-25-21(15)28-23(31)20-19-14-24-12-13-29(19)22(27-20)18-9-11-26-30(18)16-5-7-17(32-2)8-6-16;3-2(4,5)1(6)7/h3-14H,1-2H3,(H,25,28,31);(H,6,7). The number of alkyl halides is 3. The van der Waals surface area contributed by atoms with Crippen molar-refractivity contribution in [2.75, 3.05) is 12.4 Å². The van der Waals surface area contributed by atoms with E-state index in [4.69, 9.17) is 14.6 Å². The van der Waals surface area contributed by atoms with E-state index in [-0.39, 0.29) is 11.6 Å². The Morgan fingerprint density at radius 3 is 2.41 bits per heavy atom. The fraction of sp³-hybridized carbons (Fsp3) is 0.120. The predicted molar refractivity (Wildman–Crippen MR) is 133 cm³/mol. The Morgan fingerprint density at radius 1 is 1.05 bits per heavy atom. The van der Waals surface area contributed by atoms with Crippen molar-refractivity contribution in [3.63, 3.8) is 0 Å². The maximum Gasteiger partial charge on any atom is 0.490 e. The molecule has 1 aromatic carbocycles. The Bertz CT molecular complexity index is 1630. The van der Waals surface area contributed by atoms with Crippen LogP contribution in [0, 0.1) is 6.92 Å². The van der Waals surface area contributed by atoms with Crippen molar-refractivity contribution in [1.82, 2.24) is 29.1 Å². The van der Waals surface area contributed by atoms with Crippen LogP contribution < -0.4 is 10.1 Å². The number of carbonyl (C=O) groups excluding carboxylic acids is 1. The fourth-order valence-electron chi connectivity index (χ4n) is 3.47. The summed E-state index contributed by atoms with van der Waals surface area (Å²) >= 11 is 0. The highest BCUT2D eigenvalue weighted by atomic mass is 19.4. The molecule has 0 atom stereocenters. The van der Waals surface area contributed by atoms with Crippen molar-refractivity contribution in [3.8, 4) is 23.0 Å². The summed E-state index contributed by atoms with van der Waals surface area (Å²) in [4.78, 5) is 35.1. The minimum Gasteiger partial charge on any atom is -0.497 e. The van der Waals surface area contributed by atoms with Crippen molar-refractivity contribution in [2.45, 2.75) is 13.1 Å². The molecular weight excluding hydrogens is 519 g/mol. The number of rotatable bonds is 5. The van der Waals surface area contributed by atoms with Crippen LogP contribution in [0.3, 0.4) is 0 Å². The van der Waals surface area contributed by atoms with E-state index >= 15 is 0 Å². The van der Waals surface area contributed by atoms with E-state index in [1.807, 2.05) is 53.8 Å². The second kappa shape index (κ2) is 11.0. The number of hydrogen-bond acceptors (Lipinski definition) is 7. The smallest absolute Gasteiger partial charge is 0.490 e. The van der Waals surface area contributed by atoms with Crippen LogP contribution in [0.25, 0.3) is 22.7 Å². The fourth-order valence-corrected chi connectivity index (χ4v) is 3.47. The summed E-state index contributed by atoms with van der Waals surface area (Å²) in [6, 6.07) is 13.1. The zero-order valence-corrected chi connectivity index (χ0v) is 20.4. The van der Waals surface area contributed by atoms with E-state index in [1.165, 1.54) is 0 Å². The Hall–Kier alpha value is -5.27. The average molecular weight is 539 g/mol. The SMILES string of the molecule is COc1ccc(-n2nccc2-c2nc(C(=O)Nc3ncccc3C)c3cnccn23)cc1.O=C(O)C(F)(F)F.